The number of rotatable bonds is 7. The number of hydrogen-bond donors (Lipinski definition) is 2. The van der Waals surface area contributed by atoms with Crippen LogP contribution in [0, 0.1) is 12.8 Å². The second kappa shape index (κ2) is 9.62. The van der Waals surface area contributed by atoms with Crippen LogP contribution in [0.3, 0.4) is 0 Å². The van der Waals surface area contributed by atoms with Gasteiger partial charge in [-0.3, -0.25) is 9.59 Å². The molecule has 22 heavy (non-hydrogen) atoms. The van der Waals surface area contributed by atoms with Crippen LogP contribution in [-0.4, -0.2) is 18.4 Å². The Balaban J connectivity index is 2.49. The van der Waals surface area contributed by atoms with E-state index in [2.05, 4.69) is 40.4 Å². The topological polar surface area (TPSA) is 58.2 Å². The molecule has 0 unspecified atom stereocenters. The third-order valence-electron chi connectivity index (χ3n) is 3.67. The van der Waals surface area contributed by atoms with Crippen molar-refractivity contribution in [1.82, 2.24) is 5.32 Å². The Hall–Kier alpha value is -1.36. The molecule has 1 aromatic carbocycles. The summed E-state index contributed by atoms with van der Waals surface area (Å²) in [6.07, 6.45) is 4.38. The Morgan fingerprint density at radius 3 is 2.55 bits per heavy atom. The third-order valence-corrected chi connectivity index (χ3v) is 4.33. The molecule has 0 saturated heterocycles. The molecule has 5 heteroatoms. The molecular weight excluding hydrogens is 344 g/mol. The highest BCUT2D eigenvalue weighted by Gasteiger charge is 2.16. The summed E-state index contributed by atoms with van der Waals surface area (Å²) in [5.74, 6) is -0.778. The van der Waals surface area contributed by atoms with E-state index in [0.29, 0.717) is 18.2 Å². The summed E-state index contributed by atoms with van der Waals surface area (Å²) in [6, 6.07) is 5.56. The van der Waals surface area contributed by atoms with E-state index in [1.54, 1.807) is 6.07 Å². The minimum atomic E-state index is -0.630. The maximum Gasteiger partial charge on any atom is 0.313 e. The number of nitrogens with one attached hydrogen (secondary N) is 2. The molecule has 0 aliphatic carbocycles. The molecule has 0 aliphatic rings. The first-order valence-electron chi connectivity index (χ1n) is 7.83. The molecule has 2 N–H and O–H groups in total. The summed E-state index contributed by atoms with van der Waals surface area (Å²) >= 11 is 3.38. The van der Waals surface area contributed by atoms with Crippen molar-refractivity contribution in [2.24, 2.45) is 5.92 Å². The van der Waals surface area contributed by atoms with Gasteiger partial charge in [-0.1, -0.05) is 39.2 Å². The number of benzene rings is 1. The monoisotopic (exact) mass is 368 g/mol. The highest BCUT2D eigenvalue weighted by atomic mass is 79.9. The van der Waals surface area contributed by atoms with E-state index >= 15 is 0 Å². The summed E-state index contributed by atoms with van der Waals surface area (Å²) in [6.45, 7) is 6.77. The van der Waals surface area contributed by atoms with Crippen molar-refractivity contribution in [3.8, 4) is 0 Å². The number of unbranched alkanes of at least 4 members (excludes halogenated alkanes) is 1. The maximum absolute atomic E-state index is 11.9. The lowest BCUT2D eigenvalue weighted by Gasteiger charge is -2.15. The molecule has 0 aromatic heterocycles. The standard InChI is InChI=1S/C17H25BrN2O2/c1-4-6-7-13(5-2)11-19-16(21)17(22)20-15-9-8-12(3)10-14(15)18/h8-10,13H,4-7,11H2,1-3H3,(H,19,21)(H,20,22)/t13-/m0/s1. The van der Waals surface area contributed by atoms with E-state index in [9.17, 15) is 9.59 Å². The molecule has 0 aliphatic heterocycles. The van der Waals surface area contributed by atoms with Crippen molar-refractivity contribution in [2.75, 3.05) is 11.9 Å². The van der Waals surface area contributed by atoms with E-state index in [1.165, 1.54) is 0 Å². The minimum Gasteiger partial charge on any atom is -0.348 e. The van der Waals surface area contributed by atoms with Crippen molar-refractivity contribution in [3.63, 3.8) is 0 Å². The molecule has 1 aromatic rings. The molecule has 0 fully saturated rings. The fourth-order valence-corrected chi connectivity index (χ4v) is 2.75. The molecule has 0 bridgehead atoms. The van der Waals surface area contributed by atoms with Gasteiger partial charge < -0.3 is 10.6 Å². The molecular formula is C17H25BrN2O2. The van der Waals surface area contributed by atoms with Gasteiger partial charge in [0.2, 0.25) is 0 Å². The number of aryl methyl sites for hydroxylation is 1. The van der Waals surface area contributed by atoms with Gasteiger partial charge in [0, 0.05) is 11.0 Å². The van der Waals surface area contributed by atoms with E-state index < -0.39 is 11.8 Å². The van der Waals surface area contributed by atoms with Crippen LogP contribution in [0.4, 0.5) is 5.69 Å². The van der Waals surface area contributed by atoms with Gasteiger partial charge in [0.15, 0.2) is 0 Å². The van der Waals surface area contributed by atoms with Gasteiger partial charge in [0.1, 0.15) is 0 Å². The Morgan fingerprint density at radius 1 is 1.23 bits per heavy atom. The van der Waals surface area contributed by atoms with Gasteiger partial charge in [0.25, 0.3) is 0 Å². The van der Waals surface area contributed by atoms with Crippen molar-refractivity contribution < 1.29 is 9.59 Å². The number of halogens is 1. The fraction of sp³-hybridized carbons (Fsp3) is 0.529. The molecule has 2 amide bonds. The van der Waals surface area contributed by atoms with E-state index in [-0.39, 0.29) is 0 Å². The predicted octanol–water partition coefficient (Wildman–Crippen LogP) is 4.03. The highest BCUT2D eigenvalue weighted by molar-refractivity contribution is 9.10. The average Bonchev–Trinajstić information content (AvgIpc) is 2.49. The first-order valence-corrected chi connectivity index (χ1v) is 8.62. The van der Waals surface area contributed by atoms with Crippen LogP contribution in [0.25, 0.3) is 0 Å². The molecule has 1 atom stereocenters. The average molecular weight is 369 g/mol. The van der Waals surface area contributed by atoms with Gasteiger partial charge in [0.05, 0.1) is 5.69 Å². The van der Waals surface area contributed by atoms with Crippen LogP contribution < -0.4 is 10.6 Å². The molecule has 0 spiro atoms. The Bertz CT molecular complexity index is 517. The Labute approximate surface area is 141 Å². The predicted molar refractivity (Wildman–Crippen MR) is 93.8 cm³/mol. The zero-order valence-corrected chi connectivity index (χ0v) is 15.1. The van der Waals surface area contributed by atoms with Gasteiger partial charge in [-0.2, -0.15) is 0 Å². The van der Waals surface area contributed by atoms with Crippen molar-refractivity contribution in [2.45, 2.75) is 46.5 Å². The minimum absolute atomic E-state index is 0.433. The molecule has 0 radical (unpaired) electrons. The summed E-state index contributed by atoms with van der Waals surface area (Å²) in [4.78, 5) is 23.8. The smallest absolute Gasteiger partial charge is 0.313 e. The first-order chi connectivity index (χ1) is 10.5. The molecule has 4 nitrogen and oxygen atoms in total. The number of anilines is 1. The third kappa shape index (κ3) is 6.18. The lowest BCUT2D eigenvalue weighted by molar-refractivity contribution is -0.136. The largest absolute Gasteiger partial charge is 0.348 e. The van der Waals surface area contributed by atoms with Crippen LogP contribution in [0.5, 0.6) is 0 Å². The molecule has 0 saturated carbocycles. The number of carbonyl (C=O) groups excluding carboxylic acids is 2. The summed E-state index contributed by atoms with van der Waals surface area (Å²) in [5, 5.41) is 5.35. The number of hydrogen-bond acceptors (Lipinski definition) is 2. The SMILES string of the molecule is CCCC[C@H](CC)CNC(=O)C(=O)Nc1ccc(C)cc1Br. The second-order valence-corrected chi connectivity index (χ2v) is 6.42. The lowest BCUT2D eigenvalue weighted by Crippen LogP contribution is -2.38. The van der Waals surface area contributed by atoms with E-state index in [0.717, 1.165) is 35.7 Å². The normalized spacial score (nSPS) is 11.8. The lowest BCUT2D eigenvalue weighted by atomic mass is 9.99. The summed E-state index contributed by atoms with van der Waals surface area (Å²) < 4.78 is 0.767. The quantitative estimate of drug-likeness (QED) is 0.713. The molecule has 122 valence electrons. The zero-order valence-electron chi connectivity index (χ0n) is 13.5. The molecule has 1 rings (SSSR count). The van der Waals surface area contributed by atoms with Gasteiger partial charge >= 0.3 is 11.8 Å². The van der Waals surface area contributed by atoms with Crippen LogP contribution in [0.1, 0.15) is 45.1 Å². The highest BCUT2D eigenvalue weighted by Crippen LogP contribution is 2.23. The van der Waals surface area contributed by atoms with Gasteiger partial charge in [-0.05, 0) is 52.9 Å². The van der Waals surface area contributed by atoms with E-state index in [4.69, 9.17) is 0 Å². The van der Waals surface area contributed by atoms with Crippen molar-refractivity contribution in [1.29, 1.82) is 0 Å². The Kier molecular flexibility index (Phi) is 8.17. The second-order valence-electron chi connectivity index (χ2n) is 5.56. The van der Waals surface area contributed by atoms with Crippen LogP contribution in [0.15, 0.2) is 22.7 Å². The van der Waals surface area contributed by atoms with Gasteiger partial charge in [-0.15, -0.1) is 0 Å². The van der Waals surface area contributed by atoms with Crippen molar-refractivity contribution in [3.05, 3.63) is 28.2 Å². The number of carbonyl (C=O) groups is 2. The summed E-state index contributed by atoms with van der Waals surface area (Å²) in [7, 11) is 0. The fourth-order valence-electron chi connectivity index (χ4n) is 2.16. The molecule has 0 heterocycles. The van der Waals surface area contributed by atoms with Crippen LogP contribution in [-0.2, 0) is 9.59 Å². The van der Waals surface area contributed by atoms with Crippen LogP contribution >= 0.6 is 15.9 Å². The number of amides is 2. The van der Waals surface area contributed by atoms with Crippen LogP contribution in [0.2, 0.25) is 0 Å². The van der Waals surface area contributed by atoms with Crippen molar-refractivity contribution >= 4 is 33.4 Å². The first kappa shape index (κ1) is 18.7. The van der Waals surface area contributed by atoms with E-state index in [1.807, 2.05) is 19.1 Å². The maximum atomic E-state index is 11.9. The van der Waals surface area contributed by atoms with Gasteiger partial charge in [-0.25, -0.2) is 0 Å². The zero-order chi connectivity index (χ0) is 16.5. The Morgan fingerprint density at radius 2 is 1.95 bits per heavy atom. The summed E-state index contributed by atoms with van der Waals surface area (Å²) in [5.41, 5.74) is 1.68.